The highest BCUT2D eigenvalue weighted by molar-refractivity contribution is 5.78. The van der Waals surface area contributed by atoms with E-state index < -0.39 is 17.2 Å². The molecule has 0 saturated carbocycles. The van der Waals surface area contributed by atoms with Gasteiger partial charge < -0.3 is 14.5 Å². The Hall–Kier alpha value is -2.21. The van der Waals surface area contributed by atoms with E-state index >= 15 is 0 Å². The van der Waals surface area contributed by atoms with Gasteiger partial charge in [-0.2, -0.15) is 0 Å². The fourth-order valence-electron chi connectivity index (χ4n) is 2.81. The first-order valence-corrected chi connectivity index (χ1v) is 7.38. The fraction of sp³-hybridized carbons (Fsp3) is 0.353. The number of rotatable bonds is 5. The summed E-state index contributed by atoms with van der Waals surface area (Å²) in [5.41, 5.74) is -1.29. The highest BCUT2D eigenvalue weighted by Crippen LogP contribution is 2.34. The van der Waals surface area contributed by atoms with Crippen molar-refractivity contribution in [2.45, 2.75) is 24.8 Å². The van der Waals surface area contributed by atoms with Gasteiger partial charge in [0.1, 0.15) is 22.9 Å². The molecular formula is C17H17F2NO3. The van der Waals surface area contributed by atoms with Crippen LogP contribution in [0, 0.1) is 11.6 Å². The van der Waals surface area contributed by atoms with E-state index in [4.69, 9.17) is 9.15 Å². The van der Waals surface area contributed by atoms with E-state index in [-0.39, 0.29) is 37.0 Å². The zero-order valence-corrected chi connectivity index (χ0v) is 12.6. The molecule has 1 aromatic carbocycles. The van der Waals surface area contributed by atoms with E-state index in [1.54, 1.807) is 18.4 Å². The van der Waals surface area contributed by atoms with Crippen molar-refractivity contribution in [2.75, 3.05) is 13.2 Å². The highest BCUT2D eigenvalue weighted by atomic mass is 19.1. The van der Waals surface area contributed by atoms with E-state index in [1.165, 1.54) is 18.2 Å². The standard InChI is InChI=1S/C17H17F2NO3/c1-11(14-6-3-7-23-14)8-15(21)20-17(9-22-10-17)16-12(18)4-2-5-13(16)19/h2-7,11H,8-10H2,1H3,(H,20,21). The number of carbonyl (C=O) groups excluding carboxylic acids is 1. The van der Waals surface area contributed by atoms with Crippen molar-refractivity contribution in [1.82, 2.24) is 5.32 Å². The van der Waals surface area contributed by atoms with Crippen LogP contribution < -0.4 is 5.32 Å². The van der Waals surface area contributed by atoms with Crippen molar-refractivity contribution in [3.05, 3.63) is 59.6 Å². The molecule has 4 nitrogen and oxygen atoms in total. The molecule has 1 saturated heterocycles. The van der Waals surface area contributed by atoms with Crippen LogP contribution in [0.5, 0.6) is 0 Å². The Labute approximate surface area is 132 Å². The number of hydrogen-bond acceptors (Lipinski definition) is 3. The zero-order chi connectivity index (χ0) is 16.4. The molecular weight excluding hydrogens is 304 g/mol. The molecule has 2 aromatic rings. The monoisotopic (exact) mass is 321 g/mol. The lowest BCUT2D eigenvalue weighted by Crippen LogP contribution is -2.60. The SMILES string of the molecule is CC(CC(=O)NC1(c2c(F)cccc2F)COC1)c1ccco1. The first-order valence-electron chi connectivity index (χ1n) is 7.38. The van der Waals surface area contributed by atoms with Gasteiger partial charge in [-0.05, 0) is 24.3 Å². The van der Waals surface area contributed by atoms with Gasteiger partial charge in [0.25, 0.3) is 0 Å². The van der Waals surface area contributed by atoms with Gasteiger partial charge in [-0.25, -0.2) is 8.78 Å². The first kappa shape index (κ1) is 15.7. The van der Waals surface area contributed by atoms with Gasteiger partial charge in [0.2, 0.25) is 5.91 Å². The number of carbonyl (C=O) groups is 1. The van der Waals surface area contributed by atoms with Crippen molar-refractivity contribution < 1.29 is 22.7 Å². The van der Waals surface area contributed by atoms with Gasteiger partial charge in [-0.15, -0.1) is 0 Å². The normalized spacial score (nSPS) is 17.3. The lowest BCUT2D eigenvalue weighted by molar-refractivity contribution is -0.134. The van der Waals surface area contributed by atoms with Gasteiger partial charge in [-0.1, -0.05) is 13.0 Å². The average Bonchev–Trinajstić information content (AvgIpc) is 2.98. The number of nitrogens with one attached hydrogen (secondary N) is 1. The van der Waals surface area contributed by atoms with Crippen LogP contribution in [0.2, 0.25) is 0 Å². The molecule has 0 bridgehead atoms. The fourth-order valence-corrected chi connectivity index (χ4v) is 2.81. The Morgan fingerprint density at radius 3 is 2.48 bits per heavy atom. The molecule has 1 fully saturated rings. The number of amides is 1. The third-order valence-electron chi connectivity index (χ3n) is 4.04. The van der Waals surface area contributed by atoms with Gasteiger partial charge in [0, 0.05) is 12.3 Å². The summed E-state index contributed by atoms with van der Waals surface area (Å²) in [6.07, 6.45) is 1.70. The summed E-state index contributed by atoms with van der Waals surface area (Å²) in [5, 5.41) is 2.74. The molecule has 1 amide bonds. The minimum atomic E-state index is -1.14. The summed E-state index contributed by atoms with van der Waals surface area (Å²) >= 11 is 0. The molecule has 3 rings (SSSR count). The maximum Gasteiger partial charge on any atom is 0.221 e. The molecule has 0 spiro atoms. The Morgan fingerprint density at radius 2 is 1.96 bits per heavy atom. The largest absolute Gasteiger partial charge is 0.469 e. The summed E-state index contributed by atoms with van der Waals surface area (Å²) in [5.74, 6) is -1.12. The lowest BCUT2D eigenvalue weighted by Gasteiger charge is -2.42. The van der Waals surface area contributed by atoms with Crippen LogP contribution in [0.4, 0.5) is 8.78 Å². The third kappa shape index (κ3) is 2.99. The first-order chi connectivity index (χ1) is 11.0. The number of furan rings is 1. The number of benzene rings is 1. The quantitative estimate of drug-likeness (QED) is 0.921. The Bertz CT molecular complexity index is 676. The van der Waals surface area contributed by atoms with Crippen LogP contribution in [0.1, 0.15) is 30.6 Å². The lowest BCUT2D eigenvalue weighted by atomic mass is 9.86. The topological polar surface area (TPSA) is 51.5 Å². The molecule has 122 valence electrons. The Kier molecular flexibility index (Phi) is 4.17. The van der Waals surface area contributed by atoms with Crippen molar-refractivity contribution in [1.29, 1.82) is 0 Å². The summed E-state index contributed by atoms with van der Waals surface area (Å²) in [6.45, 7) is 1.95. The predicted octanol–water partition coefficient (Wildman–Crippen LogP) is 3.09. The third-order valence-corrected chi connectivity index (χ3v) is 4.04. The molecule has 1 N–H and O–H groups in total. The van der Waals surface area contributed by atoms with Crippen LogP contribution in [-0.4, -0.2) is 19.1 Å². The van der Waals surface area contributed by atoms with E-state index in [0.717, 1.165) is 0 Å². The molecule has 0 radical (unpaired) electrons. The van der Waals surface area contributed by atoms with Crippen LogP contribution in [0.3, 0.4) is 0 Å². The molecule has 1 unspecified atom stereocenters. The van der Waals surface area contributed by atoms with Gasteiger partial charge in [0.05, 0.1) is 25.0 Å². The van der Waals surface area contributed by atoms with E-state index in [2.05, 4.69) is 5.32 Å². The van der Waals surface area contributed by atoms with Crippen LogP contribution in [-0.2, 0) is 15.1 Å². The van der Waals surface area contributed by atoms with Crippen molar-refractivity contribution in [3.63, 3.8) is 0 Å². The van der Waals surface area contributed by atoms with Gasteiger partial charge >= 0.3 is 0 Å². The highest BCUT2D eigenvalue weighted by Gasteiger charge is 2.45. The number of hydrogen-bond donors (Lipinski definition) is 1. The molecule has 1 aliphatic heterocycles. The number of ether oxygens (including phenoxy) is 1. The number of halogens is 2. The Balaban J connectivity index is 1.75. The second-order valence-corrected chi connectivity index (χ2v) is 5.84. The minimum absolute atomic E-state index is 0.0473. The van der Waals surface area contributed by atoms with Crippen molar-refractivity contribution >= 4 is 5.91 Å². The van der Waals surface area contributed by atoms with Crippen molar-refractivity contribution in [2.24, 2.45) is 0 Å². The zero-order valence-electron chi connectivity index (χ0n) is 12.6. The maximum atomic E-state index is 14.0. The average molecular weight is 321 g/mol. The molecule has 1 atom stereocenters. The minimum Gasteiger partial charge on any atom is -0.469 e. The van der Waals surface area contributed by atoms with E-state index in [9.17, 15) is 13.6 Å². The van der Waals surface area contributed by atoms with E-state index in [1.807, 2.05) is 6.92 Å². The smallest absolute Gasteiger partial charge is 0.221 e. The summed E-state index contributed by atoms with van der Waals surface area (Å²) < 4.78 is 38.5. The molecule has 1 aromatic heterocycles. The van der Waals surface area contributed by atoms with E-state index in [0.29, 0.717) is 5.76 Å². The van der Waals surface area contributed by atoms with Gasteiger partial charge in [-0.3, -0.25) is 4.79 Å². The van der Waals surface area contributed by atoms with Crippen LogP contribution in [0.25, 0.3) is 0 Å². The second-order valence-electron chi connectivity index (χ2n) is 5.84. The predicted molar refractivity (Wildman–Crippen MR) is 78.7 cm³/mol. The van der Waals surface area contributed by atoms with Crippen LogP contribution >= 0.6 is 0 Å². The molecule has 1 aliphatic rings. The maximum absolute atomic E-state index is 14.0. The molecule has 23 heavy (non-hydrogen) atoms. The Morgan fingerprint density at radius 1 is 1.26 bits per heavy atom. The summed E-state index contributed by atoms with van der Waals surface area (Å²) in [4.78, 5) is 12.3. The molecule has 2 heterocycles. The van der Waals surface area contributed by atoms with Gasteiger partial charge in [0.15, 0.2) is 0 Å². The van der Waals surface area contributed by atoms with Crippen molar-refractivity contribution in [3.8, 4) is 0 Å². The molecule has 6 heteroatoms. The summed E-state index contributed by atoms with van der Waals surface area (Å²) in [7, 11) is 0. The second kappa shape index (κ2) is 6.12. The van der Waals surface area contributed by atoms with Crippen LogP contribution in [0.15, 0.2) is 41.0 Å². The summed E-state index contributed by atoms with van der Waals surface area (Å²) in [6, 6.07) is 7.19. The molecule has 0 aliphatic carbocycles.